The van der Waals surface area contributed by atoms with Gasteiger partial charge in [0.05, 0.1) is 39.5 Å². The number of nitrogens with one attached hydrogen (secondary N) is 1. The van der Waals surface area contributed by atoms with Gasteiger partial charge in [0.15, 0.2) is 0 Å². The molecule has 0 saturated carbocycles. The molecule has 1 unspecified atom stereocenters. The van der Waals surface area contributed by atoms with Crippen LogP contribution in [0.3, 0.4) is 0 Å². The highest BCUT2D eigenvalue weighted by Gasteiger charge is 2.19. The molecule has 0 aliphatic carbocycles. The third-order valence-electron chi connectivity index (χ3n) is 5.11. The summed E-state index contributed by atoms with van der Waals surface area (Å²) >= 11 is 12.6. The summed E-state index contributed by atoms with van der Waals surface area (Å²) in [5.41, 5.74) is 2.96. The van der Waals surface area contributed by atoms with Gasteiger partial charge < -0.3 is 14.6 Å². The third-order valence-corrected chi connectivity index (χ3v) is 7.38. The zero-order valence-electron chi connectivity index (χ0n) is 17.5. The van der Waals surface area contributed by atoms with Gasteiger partial charge in [-0.05, 0) is 49.2 Å². The van der Waals surface area contributed by atoms with Crippen molar-refractivity contribution >= 4 is 56.8 Å². The Morgan fingerprint density at radius 3 is 2.42 bits per heavy atom. The highest BCUT2D eigenvalue weighted by Crippen LogP contribution is 2.35. The number of fused-ring (bicyclic) bond motifs is 1. The quantitative estimate of drug-likeness (QED) is 0.524. The molecular formula is C22H22Cl2N2O4S. The number of methoxy groups -OCH3 is 1. The molecule has 0 spiro atoms. The van der Waals surface area contributed by atoms with E-state index in [0.717, 1.165) is 22.0 Å². The number of esters is 1. The molecule has 0 fully saturated rings. The van der Waals surface area contributed by atoms with Gasteiger partial charge in [-0.2, -0.15) is 0 Å². The number of carbonyl (C=O) groups excluding carboxylic acids is 2. The lowest BCUT2D eigenvalue weighted by Gasteiger charge is -2.15. The number of rotatable bonds is 6. The van der Waals surface area contributed by atoms with Crippen LogP contribution in [0.15, 0.2) is 41.3 Å². The summed E-state index contributed by atoms with van der Waals surface area (Å²) < 4.78 is 18.5. The molecular weight excluding hydrogens is 459 g/mol. The molecule has 1 N–H and O–H groups in total. The number of ether oxygens (including phenoxy) is 1. The van der Waals surface area contributed by atoms with Crippen molar-refractivity contribution in [3.05, 3.63) is 63.3 Å². The fraction of sp³-hybridized carbons (Fsp3) is 0.273. The number of aryl methyl sites for hydroxylation is 2. The minimum absolute atomic E-state index is 0.199. The molecule has 3 aromatic rings. The molecule has 0 radical (unpaired) electrons. The maximum Gasteiger partial charge on any atom is 0.318 e. The Labute approximate surface area is 192 Å². The predicted octanol–water partition coefficient (Wildman–Crippen LogP) is 4.57. The molecule has 31 heavy (non-hydrogen) atoms. The average Bonchev–Trinajstić information content (AvgIpc) is 3.08. The molecule has 0 aliphatic heterocycles. The fourth-order valence-electron chi connectivity index (χ4n) is 3.26. The van der Waals surface area contributed by atoms with Gasteiger partial charge >= 0.3 is 5.97 Å². The van der Waals surface area contributed by atoms with Gasteiger partial charge in [-0.3, -0.25) is 13.8 Å². The third kappa shape index (κ3) is 4.79. The van der Waals surface area contributed by atoms with Crippen molar-refractivity contribution in [1.29, 1.82) is 0 Å². The van der Waals surface area contributed by atoms with Crippen LogP contribution in [0.5, 0.6) is 0 Å². The highest BCUT2D eigenvalue weighted by atomic mass is 35.5. The van der Waals surface area contributed by atoms with Gasteiger partial charge in [0.1, 0.15) is 11.4 Å². The summed E-state index contributed by atoms with van der Waals surface area (Å²) in [6.07, 6.45) is 0. The van der Waals surface area contributed by atoms with E-state index in [-0.39, 0.29) is 17.7 Å². The number of benzene rings is 2. The molecule has 9 heteroatoms. The molecule has 0 aliphatic rings. The molecule has 164 valence electrons. The Kier molecular flexibility index (Phi) is 7.09. The number of aromatic nitrogens is 1. The van der Waals surface area contributed by atoms with E-state index in [1.54, 1.807) is 41.9 Å². The van der Waals surface area contributed by atoms with Crippen molar-refractivity contribution in [3.8, 4) is 0 Å². The molecule has 6 nitrogen and oxygen atoms in total. The lowest BCUT2D eigenvalue weighted by atomic mass is 10.1. The first-order valence-corrected chi connectivity index (χ1v) is 11.5. The molecule has 1 amide bonds. The standard InChI is InChI=1S/C22H22Cl2N2O4S/c1-12-9-17-16(21(24)20(12)23)10-18(26(17)3)22(28)25-13(2)14-5-7-15(8-6-14)31(29)11-19(27)30-4/h5-10,13H,11H2,1-4H3,(H,25,28)/t13-,31?/m1/s1. The SMILES string of the molecule is COC(=O)CS(=O)c1ccc([C@@H](C)NC(=O)c2cc3c(Cl)c(Cl)c(C)cc3n2C)cc1. The van der Waals surface area contributed by atoms with E-state index in [0.29, 0.717) is 20.6 Å². The Morgan fingerprint density at radius 1 is 1.16 bits per heavy atom. The van der Waals surface area contributed by atoms with Crippen molar-refractivity contribution in [2.75, 3.05) is 12.9 Å². The van der Waals surface area contributed by atoms with E-state index in [2.05, 4.69) is 10.1 Å². The lowest BCUT2D eigenvalue weighted by molar-refractivity contribution is -0.137. The first-order chi connectivity index (χ1) is 14.6. The van der Waals surface area contributed by atoms with E-state index in [4.69, 9.17) is 23.2 Å². The minimum Gasteiger partial charge on any atom is -0.468 e. The summed E-state index contributed by atoms with van der Waals surface area (Å²) in [7, 11) is 1.58. The number of halogens is 2. The van der Waals surface area contributed by atoms with Crippen LogP contribution in [-0.2, 0) is 27.4 Å². The lowest BCUT2D eigenvalue weighted by Crippen LogP contribution is -2.28. The van der Waals surface area contributed by atoms with Crippen LogP contribution in [0.1, 0.15) is 34.6 Å². The number of nitrogens with zero attached hydrogens (tertiary/aromatic N) is 1. The Bertz CT molecular complexity index is 1190. The summed E-state index contributed by atoms with van der Waals surface area (Å²) in [5.74, 6) is -0.987. The zero-order chi connectivity index (χ0) is 22.9. The van der Waals surface area contributed by atoms with E-state index in [1.165, 1.54) is 7.11 Å². The van der Waals surface area contributed by atoms with E-state index < -0.39 is 16.8 Å². The van der Waals surface area contributed by atoms with Gasteiger partial charge in [-0.1, -0.05) is 35.3 Å². The normalized spacial score (nSPS) is 13.1. The van der Waals surface area contributed by atoms with Crippen LogP contribution >= 0.6 is 23.2 Å². The molecule has 1 heterocycles. The van der Waals surface area contributed by atoms with Crippen molar-refractivity contribution in [2.45, 2.75) is 24.8 Å². The second-order valence-electron chi connectivity index (χ2n) is 7.17. The van der Waals surface area contributed by atoms with E-state index >= 15 is 0 Å². The van der Waals surface area contributed by atoms with Crippen molar-refractivity contribution in [3.63, 3.8) is 0 Å². The number of carbonyl (C=O) groups is 2. The van der Waals surface area contributed by atoms with Gasteiger partial charge in [0.2, 0.25) is 0 Å². The van der Waals surface area contributed by atoms with Gasteiger partial charge in [0.25, 0.3) is 5.91 Å². The summed E-state index contributed by atoms with van der Waals surface area (Å²) in [6, 6.07) is 10.2. The Hall–Kier alpha value is -2.35. The first-order valence-electron chi connectivity index (χ1n) is 9.44. The Balaban J connectivity index is 1.78. The minimum atomic E-state index is -1.48. The highest BCUT2D eigenvalue weighted by molar-refractivity contribution is 7.85. The molecule has 3 rings (SSSR count). The summed E-state index contributed by atoms with van der Waals surface area (Å²) in [4.78, 5) is 24.7. The topological polar surface area (TPSA) is 77.4 Å². The van der Waals surface area contributed by atoms with Crippen LogP contribution in [0.2, 0.25) is 10.0 Å². The molecule has 0 bridgehead atoms. The maximum atomic E-state index is 12.9. The number of hydrogen-bond donors (Lipinski definition) is 1. The van der Waals surface area contributed by atoms with Crippen LogP contribution in [0, 0.1) is 6.92 Å². The smallest absolute Gasteiger partial charge is 0.318 e. The second-order valence-corrected chi connectivity index (χ2v) is 9.38. The van der Waals surface area contributed by atoms with Crippen molar-refractivity contribution < 1.29 is 18.5 Å². The zero-order valence-corrected chi connectivity index (χ0v) is 19.8. The number of hydrogen-bond acceptors (Lipinski definition) is 4. The summed E-state index contributed by atoms with van der Waals surface area (Å²) in [6.45, 7) is 3.72. The van der Waals surface area contributed by atoms with E-state index in [9.17, 15) is 13.8 Å². The van der Waals surface area contributed by atoms with Crippen LogP contribution < -0.4 is 5.32 Å². The van der Waals surface area contributed by atoms with Crippen LogP contribution in [0.25, 0.3) is 10.9 Å². The van der Waals surface area contributed by atoms with Gasteiger partial charge in [-0.15, -0.1) is 0 Å². The maximum absolute atomic E-state index is 12.9. The molecule has 2 aromatic carbocycles. The molecule has 1 aromatic heterocycles. The Morgan fingerprint density at radius 2 is 1.81 bits per heavy atom. The first kappa shape index (κ1) is 23.3. The van der Waals surface area contributed by atoms with Crippen molar-refractivity contribution in [1.82, 2.24) is 9.88 Å². The van der Waals surface area contributed by atoms with Crippen molar-refractivity contribution in [2.24, 2.45) is 7.05 Å². The van der Waals surface area contributed by atoms with E-state index in [1.807, 2.05) is 19.9 Å². The fourth-order valence-corrected chi connectivity index (χ4v) is 4.65. The van der Waals surface area contributed by atoms with Gasteiger partial charge in [-0.25, -0.2) is 0 Å². The van der Waals surface area contributed by atoms with Crippen LogP contribution in [-0.4, -0.2) is 33.5 Å². The van der Waals surface area contributed by atoms with Crippen LogP contribution in [0.4, 0.5) is 0 Å². The molecule has 2 atom stereocenters. The second kappa shape index (κ2) is 9.42. The average molecular weight is 481 g/mol. The van der Waals surface area contributed by atoms with Gasteiger partial charge in [0, 0.05) is 17.3 Å². The monoisotopic (exact) mass is 480 g/mol. The predicted molar refractivity (Wildman–Crippen MR) is 123 cm³/mol. The number of amides is 1. The molecule has 0 saturated heterocycles. The summed E-state index contributed by atoms with van der Waals surface area (Å²) in [5, 5.41) is 4.59. The largest absolute Gasteiger partial charge is 0.468 e.